The van der Waals surface area contributed by atoms with Gasteiger partial charge in [-0.3, -0.25) is 5.10 Å². The molecular weight excluding hydrogens is 481 g/mol. The van der Waals surface area contributed by atoms with Crippen molar-refractivity contribution in [3.63, 3.8) is 0 Å². The van der Waals surface area contributed by atoms with Crippen LogP contribution in [0.25, 0.3) is 0 Å². The number of aryl methyl sites for hydroxylation is 2. The number of aliphatic hydroxyl groups is 1. The average Bonchev–Trinajstić information content (AvgIpc) is 3.28. The van der Waals surface area contributed by atoms with E-state index < -0.39 is 0 Å². The molecule has 1 aliphatic carbocycles. The molecule has 5 rings (SSSR count). The predicted octanol–water partition coefficient (Wildman–Crippen LogP) is 5.58. The molecule has 0 atom stereocenters. The third kappa shape index (κ3) is 5.63. The van der Waals surface area contributed by atoms with Gasteiger partial charge < -0.3 is 20.6 Å². The van der Waals surface area contributed by atoms with Gasteiger partial charge in [-0.25, -0.2) is 9.37 Å². The summed E-state index contributed by atoms with van der Waals surface area (Å²) < 4.78 is 15.2. The van der Waals surface area contributed by atoms with E-state index in [9.17, 15) is 5.11 Å². The Morgan fingerprint density at radius 2 is 1.81 bits per heavy atom. The van der Waals surface area contributed by atoms with E-state index in [2.05, 4.69) is 35.7 Å². The average molecular weight is 514 g/mol. The number of aromatic amines is 1. The van der Waals surface area contributed by atoms with Gasteiger partial charge in [-0.05, 0) is 94.6 Å². The fourth-order valence-corrected chi connectivity index (χ4v) is 5.61. The van der Waals surface area contributed by atoms with Gasteiger partial charge in [0, 0.05) is 17.8 Å². The highest BCUT2D eigenvalue weighted by molar-refractivity contribution is 6.32. The van der Waals surface area contributed by atoms with Crippen molar-refractivity contribution in [1.29, 1.82) is 0 Å². The van der Waals surface area contributed by atoms with Gasteiger partial charge in [-0.2, -0.15) is 10.1 Å². The number of hydrogen-bond acceptors (Lipinski definition) is 7. The van der Waals surface area contributed by atoms with Crippen LogP contribution in [-0.4, -0.2) is 55.4 Å². The molecule has 192 valence electrons. The Labute approximate surface area is 215 Å². The van der Waals surface area contributed by atoms with E-state index >= 15 is 4.39 Å². The maximum Gasteiger partial charge on any atom is 0.229 e. The molecule has 3 aromatic rings. The molecular formula is C26H33ClFN7O. The van der Waals surface area contributed by atoms with Gasteiger partial charge in [0.25, 0.3) is 0 Å². The number of rotatable bonds is 6. The molecule has 0 unspecified atom stereocenters. The summed E-state index contributed by atoms with van der Waals surface area (Å²) in [6.07, 6.45) is 7.34. The minimum absolute atomic E-state index is 0.127. The molecule has 1 saturated heterocycles. The van der Waals surface area contributed by atoms with Crippen molar-refractivity contribution >= 4 is 34.9 Å². The van der Waals surface area contributed by atoms with Crippen LogP contribution in [0.4, 0.5) is 27.7 Å². The lowest BCUT2D eigenvalue weighted by molar-refractivity contribution is 0.0618. The van der Waals surface area contributed by atoms with Crippen molar-refractivity contribution in [3.8, 4) is 0 Å². The van der Waals surface area contributed by atoms with Crippen LogP contribution in [0.3, 0.4) is 0 Å². The molecule has 0 amide bonds. The SMILES string of the molecule is Cc1cc(Nc2nc(Nc3cc(C)c(C4CCN([C@H]5CC[C@H](O)CC5)CC4)cc3F)ncc2Cl)n[nH]1. The summed E-state index contributed by atoms with van der Waals surface area (Å²) >= 11 is 6.24. The van der Waals surface area contributed by atoms with Crippen LogP contribution < -0.4 is 10.6 Å². The van der Waals surface area contributed by atoms with E-state index in [-0.39, 0.29) is 17.9 Å². The quantitative estimate of drug-likeness (QED) is 0.341. The van der Waals surface area contributed by atoms with Crippen molar-refractivity contribution in [2.45, 2.75) is 70.4 Å². The fourth-order valence-electron chi connectivity index (χ4n) is 5.47. The molecule has 0 radical (unpaired) electrons. The first-order valence-electron chi connectivity index (χ1n) is 12.7. The molecule has 10 heteroatoms. The highest BCUT2D eigenvalue weighted by Crippen LogP contribution is 2.36. The van der Waals surface area contributed by atoms with Gasteiger partial charge in [0.2, 0.25) is 5.95 Å². The summed E-state index contributed by atoms with van der Waals surface area (Å²) in [7, 11) is 0. The van der Waals surface area contributed by atoms with Crippen molar-refractivity contribution in [3.05, 3.63) is 52.1 Å². The fraction of sp³-hybridized carbons (Fsp3) is 0.500. The molecule has 4 N–H and O–H groups in total. The van der Waals surface area contributed by atoms with Crippen LogP contribution in [0.15, 0.2) is 24.4 Å². The molecule has 1 aliphatic heterocycles. The number of nitrogens with one attached hydrogen (secondary N) is 3. The van der Waals surface area contributed by atoms with Crippen molar-refractivity contribution in [1.82, 2.24) is 25.1 Å². The number of benzene rings is 1. The van der Waals surface area contributed by atoms with Crippen LogP contribution in [0.1, 0.15) is 61.3 Å². The van der Waals surface area contributed by atoms with Crippen molar-refractivity contribution in [2.75, 3.05) is 23.7 Å². The Kier molecular flexibility index (Phi) is 7.41. The number of hydrogen-bond donors (Lipinski definition) is 4. The zero-order valence-corrected chi connectivity index (χ0v) is 21.4. The van der Waals surface area contributed by atoms with Crippen LogP contribution in [0.5, 0.6) is 0 Å². The molecule has 0 bridgehead atoms. The second-order valence-electron chi connectivity index (χ2n) is 10.0. The summed E-state index contributed by atoms with van der Waals surface area (Å²) in [5.41, 5.74) is 3.36. The zero-order valence-electron chi connectivity index (χ0n) is 20.7. The van der Waals surface area contributed by atoms with Gasteiger partial charge in [0.1, 0.15) is 10.8 Å². The van der Waals surface area contributed by atoms with E-state index in [1.807, 2.05) is 26.0 Å². The smallest absolute Gasteiger partial charge is 0.229 e. The standard InChI is InChI=1S/C26H33ClFN7O/c1-15-11-23(30-26-29-14-21(27)25(32-26)31-24-12-16(2)33-34-24)22(28)13-20(15)17-7-9-35(10-8-17)18-3-5-19(36)6-4-18/h11-14,17-19,36H,3-10H2,1-2H3,(H3,29,30,31,32,33,34)/t18-,19-. The summed E-state index contributed by atoms with van der Waals surface area (Å²) in [6.45, 7) is 5.98. The minimum Gasteiger partial charge on any atom is -0.393 e. The number of H-pyrrole nitrogens is 1. The van der Waals surface area contributed by atoms with E-state index in [0.29, 0.717) is 34.3 Å². The maximum absolute atomic E-state index is 15.2. The van der Waals surface area contributed by atoms with Gasteiger partial charge in [0.05, 0.1) is 18.0 Å². The molecule has 8 nitrogen and oxygen atoms in total. The van der Waals surface area contributed by atoms with Gasteiger partial charge in [0.15, 0.2) is 11.6 Å². The predicted molar refractivity (Wildman–Crippen MR) is 140 cm³/mol. The monoisotopic (exact) mass is 513 g/mol. The molecule has 2 aromatic heterocycles. The summed E-state index contributed by atoms with van der Waals surface area (Å²) in [4.78, 5) is 11.2. The Hall–Kier alpha value is -2.75. The summed E-state index contributed by atoms with van der Waals surface area (Å²) in [6, 6.07) is 5.91. The molecule has 2 fully saturated rings. The lowest BCUT2D eigenvalue weighted by Gasteiger charge is -2.40. The molecule has 0 spiro atoms. The topological polar surface area (TPSA) is 102 Å². The van der Waals surface area contributed by atoms with Crippen molar-refractivity contribution in [2.24, 2.45) is 0 Å². The Bertz CT molecular complexity index is 1200. The Morgan fingerprint density at radius 3 is 2.50 bits per heavy atom. The Morgan fingerprint density at radius 1 is 1.06 bits per heavy atom. The molecule has 1 aromatic carbocycles. The van der Waals surface area contributed by atoms with Crippen LogP contribution >= 0.6 is 11.6 Å². The highest BCUT2D eigenvalue weighted by Gasteiger charge is 2.29. The third-order valence-electron chi connectivity index (χ3n) is 7.45. The molecule has 2 aliphatic rings. The zero-order chi connectivity index (χ0) is 25.2. The second-order valence-corrected chi connectivity index (χ2v) is 10.4. The largest absolute Gasteiger partial charge is 0.393 e. The van der Waals surface area contributed by atoms with Gasteiger partial charge in [-0.1, -0.05) is 11.6 Å². The minimum atomic E-state index is -0.324. The van der Waals surface area contributed by atoms with Crippen LogP contribution in [0.2, 0.25) is 5.02 Å². The van der Waals surface area contributed by atoms with Gasteiger partial charge >= 0.3 is 0 Å². The maximum atomic E-state index is 15.2. The number of aliphatic hydroxyl groups excluding tert-OH is 1. The van der Waals surface area contributed by atoms with E-state index in [1.54, 1.807) is 6.07 Å². The van der Waals surface area contributed by atoms with E-state index in [4.69, 9.17) is 11.6 Å². The number of aromatic nitrogens is 4. The molecule has 1 saturated carbocycles. The van der Waals surface area contributed by atoms with Gasteiger partial charge in [-0.15, -0.1) is 0 Å². The highest BCUT2D eigenvalue weighted by atomic mass is 35.5. The molecule has 3 heterocycles. The number of nitrogens with zero attached hydrogens (tertiary/aromatic N) is 4. The first-order valence-corrected chi connectivity index (χ1v) is 13.0. The molecule has 36 heavy (non-hydrogen) atoms. The van der Waals surface area contributed by atoms with E-state index in [0.717, 1.165) is 68.4 Å². The number of piperidine rings is 1. The number of likely N-dealkylation sites (tertiary alicyclic amines) is 1. The number of halogens is 2. The Balaban J connectivity index is 1.25. The third-order valence-corrected chi connectivity index (χ3v) is 7.73. The van der Waals surface area contributed by atoms with Crippen LogP contribution in [0, 0.1) is 19.7 Å². The number of anilines is 4. The van der Waals surface area contributed by atoms with E-state index in [1.165, 1.54) is 6.20 Å². The summed E-state index contributed by atoms with van der Waals surface area (Å²) in [5, 5.41) is 23.2. The lowest BCUT2D eigenvalue weighted by Crippen LogP contribution is -2.43. The second kappa shape index (κ2) is 10.7. The first kappa shape index (κ1) is 24.9. The van der Waals surface area contributed by atoms with Crippen molar-refractivity contribution < 1.29 is 9.50 Å². The first-order chi connectivity index (χ1) is 17.4. The summed E-state index contributed by atoms with van der Waals surface area (Å²) in [5.74, 6) is 1.23. The normalized spacial score (nSPS) is 21.5. The van der Waals surface area contributed by atoms with Crippen LogP contribution in [-0.2, 0) is 0 Å². The lowest BCUT2D eigenvalue weighted by atomic mass is 9.84.